The Hall–Kier alpha value is -3.09. The molecule has 2 aromatic heterocycles. The summed E-state index contributed by atoms with van der Waals surface area (Å²) in [5, 5.41) is 3.10. The lowest BCUT2D eigenvalue weighted by atomic mass is 9.94. The van der Waals surface area contributed by atoms with Gasteiger partial charge in [0.1, 0.15) is 17.2 Å². The molecule has 168 valence electrons. The zero-order valence-corrected chi connectivity index (χ0v) is 19.1. The van der Waals surface area contributed by atoms with Gasteiger partial charge >= 0.3 is 0 Å². The summed E-state index contributed by atoms with van der Waals surface area (Å²) in [4.78, 5) is 25.7. The average molecular weight is 436 g/mol. The summed E-state index contributed by atoms with van der Waals surface area (Å²) in [6.07, 6.45) is 7.22. The van der Waals surface area contributed by atoms with Gasteiger partial charge in [0, 0.05) is 29.4 Å². The van der Waals surface area contributed by atoms with E-state index in [-0.39, 0.29) is 29.4 Å². The van der Waals surface area contributed by atoms with Gasteiger partial charge in [0.05, 0.1) is 6.20 Å². The molecule has 0 radical (unpaired) electrons. The third-order valence-electron chi connectivity index (χ3n) is 6.38. The van der Waals surface area contributed by atoms with Crippen molar-refractivity contribution in [1.29, 1.82) is 0 Å². The zero-order valence-electron chi connectivity index (χ0n) is 19.1. The minimum Gasteiger partial charge on any atom is -0.332 e. The van der Waals surface area contributed by atoms with Gasteiger partial charge in [-0.1, -0.05) is 13.3 Å². The number of ketones is 1. The van der Waals surface area contributed by atoms with Crippen LogP contribution in [0.3, 0.4) is 0 Å². The average Bonchev–Trinajstić information content (AvgIpc) is 3.42. The van der Waals surface area contributed by atoms with Crippen molar-refractivity contribution < 1.29 is 9.18 Å². The maximum Gasteiger partial charge on any atom is 0.227 e. The number of rotatable bonds is 7. The monoisotopic (exact) mass is 435 g/mol. The third kappa shape index (κ3) is 4.56. The van der Waals surface area contributed by atoms with Crippen LogP contribution in [0.2, 0.25) is 0 Å². The van der Waals surface area contributed by atoms with Crippen LogP contribution >= 0.6 is 0 Å². The van der Waals surface area contributed by atoms with Crippen molar-refractivity contribution in [3.63, 3.8) is 0 Å². The number of carbonyl (C=O) groups excluding carboxylic acids is 1. The van der Waals surface area contributed by atoms with Crippen molar-refractivity contribution in [3.05, 3.63) is 53.9 Å². The van der Waals surface area contributed by atoms with Gasteiger partial charge in [-0.15, -0.1) is 0 Å². The summed E-state index contributed by atoms with van der Waals surface area (Å²) >= 11 is 0. The zero-order chi connectivity index (χ0) is 22.8. The van der Waals surface area contributed by atoms with Gasteiger partial charge in [-0.05, 0) is 70.2 Å². The fourth-order valence-electron chi connectivity index (χ4n) is 4.50. The van der Waals surface area contributed by atoms with Gasteiger partial charge in [-0.2, -0.15) is 0 Å². The highest BCUT2D eigenvalue weighted by atomic mass is 19.1. The van der Waals surface area contributed by atoms with E-state index in [9.17, 15) is 9.18 Å². The second kappa shape index (κ2) is 9.18. The lowest BCUT2D eigenvalue weighted by Crippen LogP contribution is -2.11. The first kappa shape index (κ1) is 22.1. The first-order chi connectivity index (χ1) is 15.4. The first-order valence-electron chi connectivity index (χ1n) is 11.3. The second-order valence-electron chi connectivity index (χ2n) is 8.92. The third-order valence-corrected chi connectivity index (χ3v) is 6.38. The standard InChI is InChI=1S/C25H30FN5O/c1-5-17-6-7-19(12-17)24(32)18-8-10-20(11-9-18)29-25-27-13-21(26)23(30-25)22-14-31(15(2)3)16(4)28-22/h8-11,13-15,17,19H,5-7,12H2,1-4H3,(H,27,29,30)/t17-,19?/m0/s1. The Morgan fingerprint density at radius 2 is 1.97 bits per heavy atom. The number of imidazole rings is 1. The van der Waals surface area contributed by atoms with Crippen LogP contribution in [0.1, 0.15) is 68.7 Å². The Balaban J connectivity index is 1.49. The number of carbonyl (C=O) groups is 1. The molecule has 1 aliphatic rings. The molecule has 1 aliphatic carbocycles. The fraction of sp³-hybridized carbons (Fsp3) is 0.440. The molecule has 1 saturated carbocycles. The number of Topliss-reactive ketones (excluding diaryl/α,β-unsaturated/α-hetero) is 1. The van der Waals surface area contributed by atoms with Crippen LogP contribution in [0.15, 0.2) is 36.7 Å². The van der Waals surface area contributed by atoms with E-state index in [0.717, 1.165) is 49.0 Å². The highest BCUT2D eigenvalue weighted by Gasteiger charge is 2.29. The van der Waals surface area contributed by atoms with Gasteiger partial charge < -0.3 is 9.88 Å². The van der Waals surface area contributed by atoms with Crippen molar-refractivity contribution >= 4 is 17.4 Å². The number of halogens is 1. The van der Waals surface area contributed by atoms with E-state index >= 15 is 0 Å². The highest BCUT2D eigenvalue weighted by Crippen LogP contribution is 2.35. The van der Waals surface area contributed by atoms with Crippen molar-refractivity contribution in [3.8, 4) is 11.4 Å². The van der Waals surface area contributed by atoms with Crippen molar-refractivity contribution in [2.24, 2.45) is 11.8 Å². The maximum atomic E-state index is 14.4. The van der Waals surface area contributed by atoms with E-state index in [1.807, 2.05) is 55.8 Å². The Bertz CT molecular complexity index is 1110. The molecular weight excluding hydrogens is 405 g/mol. The van der Waals surface area contributed by atoms with Gasteiger partial charge in [-0.25, -0.2) is 19.3 Å². The SMILES string of the molecule is CC[C@H]1CCC(C(=O)c2ccc(Nc3ncc(F)c(-c4cn(C(C)C)c(C)n4)n3)cc2)C1. The Morgan fingerprint density at radius 1 is 1.22 bits per heavy atom. The summed E-state index contributed by atoms with van der Waals surface area (Å²) in [5.41, 5.74) is 2.10. The molecule has 4 rings (SSSR count). The van der Waals surface area contributed by atoms with E-state index in [1.54, 1.807) is 0 Å². The van der Waals surface area contributed by atoms with Gasteiger partial charge in [0.15, 0.2) is 11.6 Å². The lowest BCUT2D eigenvalue weighted by molar-refractivity contribution is 0.0920. The van der Waals surface area contributed by atoms with Crippen LogP contribution in [0.4, 0.5) is 16.0 Å². The van der Waals surface area contributed by atoms with E-state index in [1.165, 1.54) is 0 Å². The molecule has 1 fully saturated rings. The molecule has 1 aromatic carbocycles. The quantitative estimate of drug-likeness (QED) is 0.453. The predicted octanol–water partition coefficient (Wildman–Crippen LogP) is 6.12. The largest absolute Gasteiger partial charge is 0.332 e. The van der Waals surface area contributed by atoms with Crippen LogP contribution in [-0.2, 0) is 0 Å². The number of anilines is 2. The van der Waals surface area contributed by atoms with Crippen LogP contribution in [0.25, 0.3) is 11.4 Å². The number of hydrogen-bond donors (Lipinski definition) is 1. The maximum absolute atomic E-state index is 14.4. The molecule has 0 amide bonds. The van der Waals surface area contributed by atoms with E-state index in [4.69, 9.17) is 0 Å². The molecule has 1 unspecified atom stereocenters. The number of hydrogen-bond acceptors (Lipinski definition) is 5. The van der Waals surface area contributed by atoms with Crippen LogP contribution in [0.5, 0.6) is 0 Å². The molecule has 0 spiro atoms. The molecule has 7 heteroatoms. The molecule has 6 nitrogen and oxygen atoms in total. The summed E-state index contributed by atoms with van der Waals surface area (Å²) < 4.78 is 16.4. The molecular formula is C25H30FN5O. The lowest BCUT2D eigenvalue weighted by Gasteiger charge is -2.11. The molecule has 0 aliphatic heterocycles. The van der Waals surface area contributed by atoms with Crippen LogP contribution in [0, 0.1) is 24.6 Å². The number of benzene rings is 1. The summed E-state index contributed by atoms with van der Waals surface area (Å²) in [6, 6.07) is 7.56. The van der Waals surface area contributed by atoms with Crippen molar-refractivity contribution in [2.75, 3.05) is 5.32 Å². The number of aromatic nitrogens is 4. The second-order valence-corrected chi connectivity index (χ2v) is 8.92. The molecule has 32 heavy (non-hydrogen) atoms. The molecule has 2 atom stereocenters. The molecule has 0 bridgehead atoms. The number of aryl methyl sites for hydroxylation is 1. The molecule has 2 heterocycles. The topological polar surface area (TPSA) is 72.7 Å². The Kier molecular flexibility index (Phi) is 6.35. The highest BCUT2D eigenvalue weighted by molar-refractivity contribution is 5.98. The number of nitrogens with one attached hydrogen (secondary N) is 1. The van der Waals surface area contributed by atoms with Crippen LogP contribution in [-0.4, -0.2) is 25.3 Å². The van der Waals surface area contributed by atoms with Gasteiger partial charge in [0.25, 0.3) is 0 Å². The Labute approximate surface area is 188 Å². The van der Waals surface area contributed by atoms with Crippen molar-refractivity contribution in [1.82, 2.24) is 19.5 Å². The first-order valence-corrected chi connectivity index (χ1v) is 11.3. The van der Waals surface area contributed by atoms with Gasteiger partial charge in [0.2, 0.25) is 5.95 Å². The summed E-state index contributed by atoms with van der Waals surface area (Å²) in [7, 11) is 0. The fourth-order valence-corrected chi connectivity index (χ4v) is 4.50. The van der Waals surface area contributed by atoms with Gasteiger partial charge in [-0.3, -0.25) is 4.79 Å². The van der Waals surface area contributed by atoms with E-state index in [2.05, 4.69) is 27.2 Å². The minimum atomic E-state index is -0.521. The molecule has 3 aromatic rings. The normalized spacial score (nSPS) is 18.3. The van der Waals surface area contributed by atoms with E-state index < -0.39 is 5.82 Å². The smallest absolute Gasteiger partial charge is 0.227 e. The number of nitrogens with zero attached hydrogens (tertiary/aromatic N) is 4. The molecule has 0 saturated heterocycles. The van der Waals surface area contributed by atoms with Crippen LogP contribution < -0.4 is 5.32 Å². The minimum absolute atomic E-state index is 0.135. The molecule has 1 N–H and O–H groups in total. The van der Waals surface area contributed by atoms with Crippen molar-refractivity contribution in [2.45, 2.75) is 59.4 Å². The summed E-state index contributed by atoms with van der Waals surface area (Å²) in [6.45, 7) is 8.17. The Morgan fingerprint density at radius 3 is 2.59 bits per heavy atom. The summed E-state index contributed by atoms with van der Waals surface area (Å²) in [5.74, 6) is 1.59. The predicted molar refractivity (Wildman–Crippen MR) is 124 cm³/mol. The van der Waals surface area contributed by atoms with E-state index in [0.29, 0.717) is 11.6 Å².